The van der Waals surface area contributed by atoms with E-state index < -0.39 is 0 Å². The Labute approximate surface area is 168 Å². The number of nitrogens with zero attached hydrogens (tertiary/aromatic N) is 2. The van der Waals surface area contributed by atoms with E-state index in [1.807, 2.05) is 38.1 Å². The lowest BCUT2D eigenvalue weighted by Gasteiger charge is -2.11. The van der Waals surface area contributed by atoms with Gasteiger partial charge in [-0.25, -0.2) is 9.97 Å². The van der Waals surface area contributed by atoms with E-state index in [2.05, 4.69) is 20.6 Å². The van der Waals surface area contributed by atoms with Gasteiger partial charge in [0, 0.05) is 17.1 Å². The Morgan fingerprint density at radius 3 is 2.64 bits per heavy atom. The van der Waals surface area contributed by atoms with Crippen LogP contribution in [0.15, 0.2) is 48.5 Å². The zero-order valence-corrected chi connectivity index (χ0v) is 16.7. The van der Waals surface area contributed by atoms with Gasteiger partial charge in [0.2, 0.25) is 5.95 Å². The van der Waals surface area contributed by atoms with Crippen LogP contribution >= 0.6 is 11.6 Å². The maximum Gasteiger partial charge on any atom is 0.274 e. The average Bonchev–Trinajstić information content (AvgIpc) is 2.68. The van der Waals surface area contributed by atoms with Gasteiger partial charge in [0.1, 0.15) is 11.4 Å². The van der Waals surface area contributed by atoms with Crippen molar-refractivity contribution >= 4 is 34.8 Å². The molecule has 0 aliphatic carbocycles. The van der Waals surface area contributed by atoms with Gasteiger partial charge < -0.3 is 15.4 Å². The number of rotatable bonds is 6. The number of hydrogen-bond donors (Lipinski definition) is 2. The molecule has 0 bridgehead atoms. The van der Waals surface area contributed by atoms with Crippen molar-refractivity contribution in [3.8, 4) is 5.75 Å². The van der Waals surface area contributed by atoms with Crippen LogP contribution in [0.2, 0.25) is 5.02 Å². The van der Waals surface area contributed by atoms with Gasteiger partial charge in [0.05, 0.1) is 12.1 Å². The molecule has 2 N–H and O–H groups in total. The Morgan fingerprint density at radius 2 is 1.93 bits per heavy atom. The van der Waals surface area contributed by atoms with Crippen molar-refractivity contribution in [3.63, 3.8) is 0 Å². The zero-order chi connectivity index (χ0) is 20.1. The number of halogens is 1. The van der Waals surface area contributed by atoms with E-state index in [4.69, 9.17) is 16.3 Å². The average molecular weight is 397 g/mol. The van der Waals surface area contributed by atoms with E-state index >= 15 is 0 Å². The number of para-hydroxylation sites is 1. The highest BCUT2D eigenvalue weighted by Crippen LogP contribution is 2.28. The van der Waals surface area contributed by atoms with Crippen molar-refractivity contribution in [1.29, 1.82) is 0 Å². The molecule has 0 fully saturated rings. The number of hydrogen-bond acceptors (Lipinski definition) is 5. The fraction of sp³-hybridized carbons (Fsp3) is 0.190. The van der Waals surface area contributed by atoms with Crippen LogP contribution in [0.4, 0.5) is 17.3 Å². The molecule has 3 rings (SSSR count). The van der Waals surface area contributed by atoms with E-state index in [9.17, 15) is 4.79 Å². The van der Waals surface area contributed by atoms with Crippen molar-refractivity contribution in [3.05, 3.63) is 70.5 Å². The molecule has 0 atom stereocenters. The van der Waals surface area contributed by atoms with Crippen LogP contribution in [-0.2, 0) is 6.42 Å². The van der Waals surface area contributed by atoms with Gasteiger partial charge in [-0.05, 0) is 49.2 Å². The second kappa shape index (κ2) is 8.71. The summed E-state index contributed by atoms with van der Waals surface area (Å²) >= 11 is 6.16. The Bertz CT molecular complexity index is 1010. The van der Waals surface area contributed by atoms with Crippen LogP contribution in [0, 0.1) is 6.92 Å². The Kier molecular flexibility index (Phi) is 6.11. The van der Waals surface area contributed by atoms with Gasteiger partial charge >= 0.3 is 0 Å². The van der Waals surface area contributed by atoms with E-state index in [0.29, 0.717) is 28.1 Å². The lowest BCUT2D eigenvalue weighted by atomic mass is 10.1. The maximum absolute atomic E-state index is 12.7. The first-order valence-electron chi connectivity index (χ1n) is 8.85. The largest absolute Gasteiger partial charge is 0.495 e. The number of aromatic nitrogens is 2. The van der Waals surface area contributed by atoms with Crippen LogP contribution in [0.1, 0.15) is 28.7 Å². The third-order valence-corrected chi connectivity index (χ3v) is 4.44. The molecule has 0 saturated carbocycles. The van der Waals surface area contributed by atoms with Crippen molar-refractivity contribution in [2.45, 2.75) is 20.3 Å². The topological polar surface area (TPSA) is 76.1 Å². The molecule has 0 aliphatic rings. The third kappa shape index (κ3) is 4.58. The highest BCUT2D eigenvalue weighted by molar-refractivity contribution is 6.32. The number of aryl methyl sites for hydroxylation is 2. The maximum atomic E-state index is 12.7. The third-order valence-electron chi connectivity index (χ3n) is 4.14. The number of anilines is 3. The molecule has 1 aromatic heterocycles. The molecule has 0 spiro atoms. The van der Waals surface area contributed by atoms with Gasteiger partial charge in [-0.2, -0.15) is 0 Å². The quantitative estimate of drug-likeness (QED) is 0.612. The second-order valence-corrected chi connectivity index (χ2v) is 6.56. The highest BCUT2D eigenvalue weighted by atomic mass is 35.5. The van der Waals surface area contributed by atoms with Gasteiger partial charge in [0.25, 0.3) is 5.91 Å². The van der Waals surface area contributed by atoms with Gasteiger partial charge in [-0.3, -0.25) is 4.79 Å². The Hall–Kier alpha value is -3.12. The molecule has 6 nitrogen and oxygen atoms in total. The summed E-state index contributed by atoms with van der Waals surface area (Å²) in [7, 11) is 1.56. The minimum absolute atomic E-state index is 0.278. The van der Waals surface area contributed by atoms with Crippen LogP contribution in [-0.4, -0.2) is 23.0 Å². The molecule has 144 valence electrons. The molecule has 1 heterocycles. The molecular weight excluding hydrogens is 376 g/mol. The first-order valence-corrected chi connectivity index (χ1v) is 9.23. The van der Waals surface area contributed by atoms with Crippen LogP contribution in [0.3, 0.4) is 0 Å². The number of ether oxygens (including phenoxy) is 1. The normalized spacial score (nSPS) is 10.4. The van der Waals surface area contributed by atoms with Crippen LogP contribution < -0.4 is 15.4 Å². The molecule has 0 saturated heterocycles. The number of amides is 1. The molecule has 0 radical (unpaired) electrons. The lowest BCUT2D eigenvalue weighted by molar-refractivity contribution is 0.102. The summed E-state index contributed by atoms with van der Waals surface area (Å²) in [6, 6.07) is 14.6. The zero-order valence-electron chi connectivity index (χ0n) is 15.9. The standard InChI is InChI=1S/C21H21ClN4O2/c1-4-14-7-5-6-8-17(14)25-20(27)18-11-13(2)23-21(26-18)24-15-9-10-19(28-3)16(22)12-15/h5-12H,4H2,1-3H3,(H,25,27)(H,23,24,26). The van der Waals surface area contributed by atoms with Gasteiger partial charge in [-0.15, -0.1) is 0 Å². The van der Waals surface area contributed by atoms with E-state index in [1.165, 1.54) is 0 Å². The minimum Gasteiger partial charge on any atom is -0.495 e. The smallest absolute Gasteiger partial charge is 0.274 e. The second-order valence-electron chi connectivity index (χ2n) is 6.16. The Morgan fingerprint density at radius 1 is 1.14 bits per heavy atom. The molecule has 0 unspecified atom stereocenters. The number of carbonyl (C=O) groups excluding carboxylic acids is 1. The van der Waals surface area contributed by atoms with E-state index in [-0.39, 0.29) is 11.6 Å². The number of methoxy groups -OCH3 is 1. The summed E-state index contributed by atoms with van der Waals surface area (Å²) in [4.78, 5) is 21.4. The van der Waals surface area contributed by atoms with Gasteiger partial charge in [-0.1, -0.05) is 36.7 Å². The van der Waals surface area contributed by atoms with Crippen molar-refractivity contribution in [2.24, 2.45) is 0 Å². The summed E-state index contributed by atoms with van der Waals surface area (Å²) in [5, 5.41) is 6.47. The minimum atomic E-state index is -0.290. The fourth-order valence-electron chi connectivity index (χ4n) is 2.75. The highest BCUT2D eigenvalue weighted by Gasteiger charge is 2.13. The van der Waals surface area contributed by atoms with Gasteiger partial charge in [0.15, 0.2) is 0 Å². The van der Waals surface area contributed by atoms with Crippen molar-refractivity contribution in [1.82, 2.24) is 9.97 Å². The molecule has 7 heteroatoms. The summed E-state index contributed by atoms with van der Waals surface area (Å²) in [6.07, 6.45) is 0.824. The van der Waals surface area contributed by atoms with Crippen LogP contribution in [0.5, 0.6) is 5.75 Å². The fourth-order valence-corrected chi connectivity index (χ4v) is 3.01. The first-order chi connectivity index (χ1) is 13.5. The number of benzene rings is 2. The predicted molar refractivity (Wildman–Crippen MR) is 112 cm³/mol. The Balaban J connectivity index is 1.83. The van der Waals surface area contributed by atoms with E-state index in [0.717, 1.165) is 17.7 Å². The SMILES string of the molecule is CCc1ccccc1NC(=O)c1cc(C)nc(Nc2ccc(OC)c(Cl)c2)n1. The first kappa shape index (κ1) is 19.6. The number of nitrogens with one attached hydrogen (secondary N) is 2. The molecule has 28 heavy (non-hydrogen) atoms. The molecule has 2 aromatic carbocycles. The summed E-state index contributed by atoms with van der Waals surface area (Å²) < 4.78 is 5.15. The van der Waals surface area contributed by atoms with Crippen LogP contribution in [0.25, 0.3) is 0 Å². The van der Waals surface area contributed by atoms with Crippen molar-refractivity contribution < 1.29 is 9.53 Å². The molecule has 0 aliphatic heterocycles. The lowest BCUT2D eigenvalue weighted by Crippen LogP contribution is -2.16. The summed E-state index contributed by atoms with van der Waals surface area (Å²) in [6.45, 7) is 3.85. The molecular formula is C21H21ClN4O2. The number of carbonyl (C=O) groups is 1. The predicted octanol–water partition coefficient (Wildman–Crippen LogP) is 5.01. The summed E-state index contributed by atoms with van der Waals surface area (Å²) in [5.74, 6) is 0.601. The molecule has 3 aromatic rings. The van der Waals surface area contributed by atoms with E-state index in [1.54, 1.807) is 31.4 Å². The summed E-state index contributed by atoms with van der Waals surface area (Å²) in [5.41, 5.74) is 3.49. The molecule has 1 amide bonds. The monoisotopic (exact) mass is 396 g/mol. The van der Waals surface area contributed by atoms with Crippen molar-refractivity contribution in [2.75, 3.05) is 17.7 Å².